The summed E-state index contributed by atoms with van der Waals surface area (Å²) in [6.07, 6.45) is -3.26. The number of hydrogen-bond donors (Lipinski definition) is 2. The summed E-state index contributed by atoms with van der Waals surface area (Å²) in [5, 5.41) is 2.56. The van der Waals surface area contributed by atoms with Crippen molar-refractivity contribution in [3.05, 3.63) is 34.2 Å². The number of rotatable bonds is 2. The number of aromatic nitrogens is 1. The molecule has 1 amide bonds. The number of aromatic amines is 1. The minimum absolute atomic E-state index is 0.0617. The first-order valence-corrected chi connectivity index (χ1v) is 6.43. The molecule has 1 aliphatic carbocycles. The number of H-pyrrole nitrogens is 1. The largest absolute Gasteiger partial charge is 0.391 e. The van der Waals surface area contributed by atoms with Crippen molar-refractivity contribution in [1.29, 1.82) is 0 Å². The molecule has 0 saturated heterocycles. The van der Waals surface area contributed by atoms with Gasteiger partial charge in [-0.3, -0.25) is 9.59 Å². The molecule has 1 fully saturated rings. The van der Waals surface area contributed by atoms with Crippen LogP contribution in [0.25, 0.3) is 0 Å². The lowest BCUT2D eigenvalue weighted by Crippen LogP contribution is -2.42. The van der Waals surface area contributed by atoms with Crippen LogP contribution in [0, 0.1) is 5.92 Å². The molecule has 2 atom stereocenters. The molecule has 7 heteroatoms. The van der Waals surface area contributed by atoms with Crippen molar-refractivity contribution in [3.63, 3.8) is 0 Å². The Kier molecular flexibility index (Phi) is 4.15. The standard InChI is InChI=1S/C13H15F3N2O2/c14-13(15,16)8-3-1-4-9(7-8)17-12(20)10-5-2-6-11(19)18-10/h2,5-6,8-9H,1,3-4,7H2,(H,17,20)(H,18,19). The molecule has 0 bridgehead atoms. The number of nitrogens with one attached hydrogen (secondary N) is 2. The summed E-state index contributed by atoms with van der Waals surface area (Å²) in [5.74, 6) is -1.91. The quantitative estimate of drug-likeness (QED) is 0.876. The SMILES string of the molecule is O=C(NC1CCCC(C(F)(F)F)C1)c1cccc(=O)[nH]1. The number of carbonyl (C=O) groups excluding carboxylic acids is 1. The molecule has 2 rings (SSSR count). The Balaban J connectivity index is 1.99. The van der Waals surface area contributed by atoms with Crippen molar-refractivity contribution in [2.75, 3.05) is 0 Å². The van der Waals surface area contributed by atoms with Crippen LogP contribution in [0.2, 0.25) is 0 Å². The number of carbonyl (C=O) groups is 1. The van der Waals surface area contributed by atoms with Gasteiger partial charge >= 0.3 is 6.18 Å². The lowest BCUT2D eigenvalue weighted by atomic mass is 9.85. The van der Waals surface area contributed by atoms with Crippen LogP contribution in [-0.2, 0) is 0 Å². The minimum Gasteiger partial charge on any atom is -0.348 e. The molecule has 20 heavy (non-hydrogen) atoms. The van der Waals surface area contributed by atoms with Gasteiger partial charge in [0.15, 0.2) is 0 Å². The first kappa shape index (κ1) is 14.6. The van der Waals surface area contributed by atoms with Crippen molar-refractivity contribution >= 4 is 5.91 Å². The predicted molar refractivity (Wildman–Crippen MR) is 66.3 cm³/mol. The summed E-state index contributed by atoms with van der Waals surface area (Å²) < 4.78 is 38.0. The second kappa shape index (κ2) is 5.68. The van der Waals surface area contributed by atoms with E-state index in [9.17, 15) is 22.8 Å². The summed E-state index contributed by atoms with van der Waals surface area (Å²) >= 11 is 0. The van der Waals surface area contributed by atoms with Gasteiger partial charge in [-0.2, -0.15) is 13.2 Å². The molecule has 1 heterocycles. The van der Waals surface area contributed by atoms with Crippen LogP contribution in [0.3, 0.4) is 0 Å². The van der Waals surface area contributed by atoms with Gasteiger partial charge in [0.2, 0.25) is 5.56 Å². The third-order valence-corrected chi connectivity index (χ3v) is 3.49. The zero-order chi connectivity index (χ0) is 14.8. The van der Waals surface area contributed by atoms with Crippen LogP contribution in [0.5, 0.6) is 0 Å². The van der Waals surface area contributed by atoms with E-state index >= 15 is 0 Å². The number of amides is 1. The zero-order valence-electron chi connectivity index (χ0n) is 10.7. The number of hydrogen-bond acceptors (Lipinski definition) is 2. The second-order valence-electron chi connectivity index (χ2n) is 5.00. The Morgan fingerprint density at radius 3 is 2.70 bits per heavy atom. The number of halogens is 3. The fraction of sp³-hybridized carbons (Fsp3) is 0.538. The Hall–Kier alpha value is -1.79. The van der Waals surface area contributed by atoms with E-state index in [1.165, 1.54) is 18.2 Å². The molecule has 0 aromatic carbocycles. The second-order valence-corrected chi connectivity index (χ2v) is 5.00. The molecule has 2 N–H and O–H groups in total. The van der Waals surface area contributed by atoms with E-state index < -0.39 is 29.6 Å². The molecule has 0 radical (unpaired) electrons. The van der Waals surface area contributed by atoms with Gasteiger partial charge in [0, 0.05) is 12.1 Å². The van der Waals surface area contributed by atoms with Crippen LogP contribution in [0.1, 0.15) is 36.2 Å². The fourth-order valence-electron chi connectivity index (χ4n) is 2.46. The van der Waals surface area contributed by atoms with Gasteiger partial charge in [-0.05, 0) is 25.3 Å². The van der Waals surface area contributed by atoms with E-state index in [1.807, 2.05) is 0 Å². The molecular formula is C13H15F3N2O2. The monoisotopic (exact) mass is 288 g/mol. The first-order chi connectivity index (χ1) is 9.36. The van der Waals surface area contributed by atoms with E-state index in [0.717, 1.165) is 0 Å². The third-order valence-electron chi connectivity index (χ3n) is 3.49. The summed E-state index contributed by atoms with van der Waals surface area (Å²) in [5.41, 5.74) is -0.360. The Morgan fingerprint density at radius 2 is 2.05 bits per heavy atom. The van der Waals surface area contributed by atoms with Crippen LogP contribution in [0.15, 0.2) is 23.0 Å². The molecule has 1 saturated carbocycles. The topological polar surface area (TPSA) is 62.0 Å². The van der Waals surface area contributed by atoms with Crippen LogP contribution in [0.4, 0.5) is 13.2 Å². The van der Waals surface area contributed by atoms with Crippen molar-refractivity contribution in [1.82, 2.24) is 10.3 Å². The lowest BCUT2D eigenvalue weighted by molar-refractivity contribution is -0.183. The third kappa shape index (κ3) is 3.61. The fourth-order valence-corrected chi connectivity index (χ4v) is 2.46. The molecule has 0 spiro atoms. The molecule has 1 aromatic heterocycles. The highest BCUT2D eigenvalue weighted by Gasteiger charge is 2.42. The van der Waals surface area contributed by atoms with Crippen LogP contribution < -0.4 is 10.9 Å². The van der Waals surface area contributed by atoms with Gasteiger partial charge in [0.1, 0.15) is 5.69 Å². The molecule has 2 unspecified atom stereocenters. The minimum atomic E-state index is -4.22. The van der Waals surface area contributed by atoms with Crippen molar-refractivity contribution < 1.29 is 18.0 Å². The van der Waals surface area contributed by atoms with Crippen LogP contribution >= 0.6 is 0 Å². The molecular weight excluding hydrogens is 273 g/mol. The average molecular weight is 288 g/mol. The van der Waals surface area contributed by atoms with Gasteiger partial charge in [-0.15, -0.1) is 0 Å². The average Bonchev–Trinajstić information content (AvgIpc) is 2.38. The highest BCUT2D eigenvalue weighted by molar-refractivity contribution is 5.92. The maximum atomic E-state index is 12.7. The van der Waals surface area contributed by atoms with Crippen LogP contribution in [-0.4, -0.2) is 23.1 Å². The highest BCUT2D eigenvalue weighted by atomic mass is 19.4. The smallest absolute Gasteiger partial charge is 0.348 e. The highest BCUT2D eigenvalue weighted by Crippen LogP contribution is 2.37. The van der Waals surface area contributed by atoms with E-state index in [2.05, 4.69) is 10.3 Å². The van der Waals surface area contributed by atoms with Gasteiger partial charge in [0.05, 0.1) is 5.92 Å². The maximum Gasteiger partial charge on any atom is 0.391 e. The molecule has 110 valence electrons. The molecule has 1 aromatic rings. The van der Waals surface area contributed by atoms with E-state index in [1.54, 1.807) is 0 Å². The van der Waals surface area contributed by atoms with E-state index in [-0.39, 0.29) is 18.5 Å². The van der Waals surface area contributed by atoms with Crippen molar-refractivity contribution in [2.24, 2.45) is 5.92 Å². The molecule has 1 aliphatic rings. The Labute approximate surface area is 113 Å². The predicted octanol–water partition coefficient (Wildman–Crippen LogP) is 2.23. The number of pyridine rings is 1. The van der Waals surface area contributed by atoms with E-state index in [0.29, 0.717) is 12.8 Å². The number of alkyl halides is 3. The van der Waals surface area contributed by atoms with E-state index in [4.69, 9.17) is 0 Å². The Morgan fingerprint density at radius 1 is 1.30 bits per heavy atom. The van der Waals surface area contributed by atoms with Crippen molar-refractivity contribution in [3.8, 4) is 0 Å². The normalized spacial score (nSPS) is 23.4. The van der Waals surface area contributed by atoms with Gasteiger partial charge < -0.3 is 10.3 Å². The molecule has 0 aliphatic heterocycles. The summed E-state index contributed by atoms with van der Waals surface area (Å²) in [6, 6.07) is 3.59. The summed E-state index contributed by atoms with van der Waals surface area (Å²) in [6.45, 7) is 0. The van der Waals surface area contributed by atoms with Gasteiger partial charge in [-0.1, -0.05) is 12.5 Å². The van der Waals surface area contributed by atoms with Gasteiger partial charge in [-0.25, -0.2) is 0 Å². The summed E-state index contributed by atoms with van der Waals surface area (Å²) in [4.78, 5) is 25.3. The zero-order valence-corrected chi connectivity index (χ0v) is 10.7. The van der Waals surface area contributed by atoms with Crippen molar-refractivity contribution in [2.45, 2.75) is 37.9 Å². The summed E-state index contributed by atoms with van der Waals surface area (Å²) in [7, 11) is 0. The first-order valence-electron chi connectivity index (χ1n) is 6.43. The molecule has 4 nitrogen and oxygen atoms in total. The Bertz CT molecular complexity index is 539. The lowest BCUT2D eigenvalue weighted by Gasteiger charge is -2.30. The maximum absolute atomic E-state index is 12.7. The van der Waals surface area contributed by atoms with Gasteiger partial charge in [0.25, 0.3) is 5.91 Å².